The third-order valence-corrected chi connectivity index (χ3v) is 4.65. The summed E-state index contributed by atoms with van der Waals surface area (Å²) >= 11 is 0. The molecular weight excluding hydrogens is 400 g/mol. The van der Waals surface area contributed by atoms with E-state index in [4.69, 9.17) is 0 Å². The Hall–Kier alpha value is -2.44. The van der Waals surface area contributed by atoms with E-state index in [0.717, 1.165) is 35.1 Å². The van der Waals surface area contributed by atoms with Gasteiger partial charge in [0.05, 0.1) is 54.4 Å². The van der Waals surface area contributed by atoms with Gasteiger partial charge in [-0.2, -0.15) is 0 Å². The maximum Gasteiger partial charge on any atom is 0.243 e. The van der Waals surface area contributed by atoms with Crippen LogP contribution in [0.3, 0.4) is 0 Å². The predicted molar refractivity (Wildman–Crippen MR) is 137 cm³/mol. The molecule has 6 heteroatoms. The monoisotopic (exact) mass is 448 g/mol. The van der Waals surface area contributed by atoms with Gasteiger partial charge >= 0.3 is 0 Å². The lowest BCUT2D eigenvalue weighted by Crippen LogP contribution is -2.44. The lowest BCUT2D eigenvalue weighted by molar-refractivity contribution is -0.902. The lowest BCUT2D eigenvalue weighted by Gasteiger charge is -2.31. The van der Waals surface area contributed by atoms with Gasteiger partial charge in [0.1, 0.15) is 13.1 Å². The summed E-state index contributed by atoms with van der Waals surface area (Å²) in [5.74, 6) is -0.261. The second kappa shape index (κ2) is 17.2. The van der Waals surface area contributed by atoms with Crippen LogP contribution in [0.15, 0.2) is 49.6 Å². The van der Waals surface area contributed by atoms with E-state index in [-0.39, 0.29) is 11.8 Å². The number of quaternary nitrogens is 2. The van der Waals surface area contributed by atoms with Gasteiger partial charge in [-0.3, -0.25) is 9.59 Å². The highest BCUT2D eigenvalue weighted by atomic mass is 16.2. The van der Waals surface area contributed by atoms with Crippen molar-refractivity contribution >= 4 is 11.8 Å². The fraction of sp³-hybridized carbons (Fsp3) is 0.538. The van der Waals surface area contributed by atoms with Gasteiger partial charge in [0.15, 0.2) is 0 Å². The minimum atomic E-state index is -0.130. The number of hydrogen-bond acceptors (Lipinski definition) is 2. The van der Waals surface area contributed by atoms with Crippen molar-refractivity contribution in [3.8, 4) is 0 Å². The van der Waals surface area contributed by atoms with Crippen LogP contribution in [0, 0.1) is 0 Å². The summed E-state index contributed by atoms with van der Waals surface area (Å²) < 4.78 is 1.59. The third kappa shape index (κ3) is 15.4. The van der Waals surface area contributed by atoms with Gasteiger partial charge in [0.25, 0.3) is 0 Å². The summed E-state index contributed by atoms with van der Waals surface area (Å²) in [7, 11) is 8.63. The zero-order valence-electron chi connectivity index (χ0n) is 21.8. The average Bonchev–Trinajstić information content (AvgIpc) is 2.77. The molecule has 0 saturated carbocycles. The average molecular weight is 449 g/mol. The maximum atomic E-state index is 11.3. The Morgan fingerprint density at radius 2 is 1.00 bits per heavy atom. The molecule has 6 nitrogen and oxygen atoms in total. The molecule has 0 saturated heterocycles. The van der Waals surface area contributed by atoms with Gasteiger partial charge in [-0.25, -0.2) is 0 Å². The zero-order valence-corrected chi connectivity index (χ0v) is 21.8. The van der Waals surface area contributed by atoms with Gasteiger partial charge in [-0.15, -0.1) is 0 Å². The van der Waals surface area contributed by atoms with Crippen molar-refractivity contribution in [1.29, 1.82) is 0 Å². The van der Waals surface area contributed by atoms with E-state index in [1.54, 1.807) is 0 Å². The van der Waals surface area contributed by atoms with Crippen LogP contribution in [0.25, 0.3) is 0 Å². The van der Waals surface area contributed by atoms with E-state index in [1.807, 2.05) is 27.7 Å². The molecule has 2 amide bonds. The molecule has 0 aliphatic carbocycles. The van der Waals surface area contributed by atoms with Gasteiger partial charge < -0.3 is 19.6 Å². The van der Waals surface area contributed by atoms with Crippen molar-refractivity contribution < 1.29 is 18.6 Å². The van der Waals surface area contributed by atoms with Crippen LogP contribution in [0.2, 0.25) is 0 Å². The highest BCUT2D eigenvalue weighted by molar-refractivity contribution is 5.87. The van der Waals surface area contributed by atoms with Crippen molar-refractivity contribution in [3.05, 3.63) is 60.7 Å². The molecule has 2 N–H and O–H groups in total. The predicted octanol–water partition coefficient (Wildman–Crippen LogP) is 3.50. The quantitative estimate of drug-likeness (QED) is 0.380. The molecule has 182 valence electrons. The Morgan fingerprint density at radius 3 is 1.25 bits per heavy atom. The van der Waals surface area contributed by atoms with Gasteiger partial charge in [0.2, 0.25) is 11.8 Å². The van der Waals surface area contributed by atoms with Crippen molar-refractivity contribution in [1.82, 2.24) is 10.6 Å². The van der Waals surface area contributed by atoms with Crippen LogP contribution < -0.4 is 10.6 Å². The summed E-state index contributed by atoms with van der Waals surface area (Å²) in [4.78, 5) is 22.5. The fourth-order valence-electron chi connectivity index (χ4n) is 3.00. The smallest absolute Gasteiger partial charge is 0.243 e. The summed E-state index contributed by atoms with van der Waals surface area (Å²) in [6, 6.07) is 8.71. The topological polar surface area (TPSA) is 58.2 Å². The SMILES string of the molecule is C=CC(=O)NCC[N+](C)(C)Cc1ccc(C[N+](C)(C)CCNC(=O)C=C)cc1.CC.CC. The standard InChI is InChI=1S/C22H34N4O2.2C2H6/c1-7-21(27)23-13-15-25(3,4)17-19-9-11-20(12-10-19)18-26(5,6)16-14-24-22(28)8-2;2*1-2/h7-12H,1-2,13-18H2,3-6H3;2*1-2H3/p+2. The molecule has 0 radical (unpaired) electrons. The van der Waals surface area contributed by atoms with E-state index < -0.39 is 0 Å². The van der Waals surface area contributed by atoms with Crippen LogP contribution in [0.1, 0.15) is 38.8 Å². The van der Waals surface area contributed by atoms with Gasteiger partial charge in [-0.1, -0.05) is 65.1 Å². The van der Waals surface area contributed by atoms with E-state index in [0.29, 0.717) is 13.1 Å². The van der Waals surface area contributed by atoms with Crippen molar-refractivity contribution in [2.45, 2.75) is 40.8 Å². The number of carbonyl (C=O) groups is 2. The molecule has 0 fully saturated rings. The number of likely N-dealkylation sites (N-methyl/N-ethyl adjacent to an activating group) is 2. The molecule has 32 heavy (non-hydrogen) atoms. The molecule has 0 spiro atoms. The van der Waals surface area contributed by atoms with E-state index >= 15 is 0 Å². The number of hydrogen-bond donors (Lipinski definition) is 2. The second-order valence-corrected chi connectivity index (χ2v) is 8.44. The number of nitrogens with one attached hydrogen (secondary N) is 2. The highest BCUT2D eigenvalue weighted by Crippen LogP contribution is 2.14. The van der Waals surface area contributed by atoms with Crippen LogP contribution in [0.4, 0.5) is 0 Å². The Balaban J connectivity index is 0. The number of amides is 2. The van der Waals surface area contributed by atoms with Gasteiger partial charge in [0, 0.05) is 11.1 Å². The molecule has 0 unspecified atom stereocenters. The summed E-state index contributed by atoms with van der Waals surface area (Å²) in [5, 5.41) is 5.66. The minimum Gasteiger partial charge on any atom is -0.347 e. The first-order chi connectivity index (χ1) is 15.1. The second-order valence-electron chi connectivity index (χ2n) is 8.44. The molecule has 0 aliphatic rings. The Labute approximate surface area is 197 Å². The summed E-state index contributed by atoms with van der Waals surface area (Å²) in [5.41, 5.74) is 2.54. The molecular formula is C26H48N4O2+2. The molecule has 0 heterocycles. The Morgan fingerprint density at radius 1 is 0.719 bits per heavy atom. The van der Waals surface area contributed by atoms with Gasteiger partial charge in [-0.05, 0) is 12.2 Å². The molecule has 0 atom stereocenters. The van der Waals surface area contributed by atoms with Crippen molar-refractivity contribution in [3.63, 3.8) is 0 Å². The van der Waals surface area contributed by atoms with E-state index in [2.05, 4.69) is 76.2 Å². The minimum absolute atomic E-state index is 0.130. The number of benzene rings is 1. The molecule has 0 bridgehead atoms. The van der Waals surface area contributed by atoms with E-state index in [1.165, 1.54) is 23.3 Å². The normalized spacial score (nSPS) is 10.5. The maximum absolute atomic E-state index is 11.3. The lowest BCUT2D eigenvalue weighted by atomic mass is 10.1. The summed E-state index contributed by atoms with van der Waals surface area (Å²) in [6.07, 6.45) is 2.60. The Kier molecular flexibility index (Phi) is 17.0. The first-order valence-electron chi connectivity index (χ1n) is 11.6. The zero-order chi connectivity index (χ0) is 25.2. The molecule has 1 rings (SSSR count). The summed E-state index contributed by atoms with van der Waals surface area (Å²) in [6.45, 7) is 19.7. The van der Waals surface area contributed by atoms with Crippen LogP contribution in [-0.2, 0) is 22.7 Å². The molecule has 0 aromatic heterocycles. The number of carbonyl (C=O) groups excluding carboxylic acids is 2. The molecule has 0 aliphatic heterocycles. The Bertz CT molecular complexity index is 621. The highest BCUT2D eigenvalue weighted by Gasteiger charge is 2.18. The first kappa shape index (κ1) is 31.7. The van der Waals surface area contributed by atoms with Crippen LogP contribution in [-0.4, -0.2) is 75.2 Å². The van der Waals surface area contributed by atoms with Crippen LogP contribution in [0.5, 0.6) is 0 Å². The first-order valence-corrected chi connectivity index (χ1v) is 11.6. The fourth-order valence-corrected chi connectivity index (χ4v) is 3.00. The van der Waals surface area contributed by atoms with Crippen LogP contribution >= 0.6 is 0 Å². The number of nitrogens with zero attached hydrogens (tertiary/aromatic N) is 2. The number of rotatable bonds is 12. The van der Waals surface area contributed by atoms with Crippen molar-refractivity contribution in [2.75, 3.05) is 54.4 Å². The van der Waals surface area contributed by atoms with E-state index in [9.17, 15) is 9.59 Å². The molecule has 1 aromatic rings. The largest absolute Gasteiger partial charge is 0.347 e. The third-order valence-electron chi connectivity index (χ3n) is 4.65. The van der Waals surface area contributed by atoms with Crippen molar-refractivity contribution in [2.24, 2.45) is 0 Å². The molecule has 1 aromatic carbocycles.